The smallest absolute Gasteiger partial charge is 0.408 e. The SMILES string of the molecule is COc1ccc(C)cc1.COc1ccc(CSCNC(Cc2ccccc2)C(=O)N[C@@H](C)C(=O)CF)cc1.C[C@H](NC(=O)C(Cc1ccccc1)NC(=O)OCc1ccccc1)C(=O)CF.C[C@H](NC(=O)C(Cc1ccccc1)NCS)C(=O)CF.C[C@H](NC(=O)C(N)Cc1ccccc1)C(=O)CF.[CH3-].[Pd]. The number of ether oxygens (including phenoxy) is 3. The number of methoxy groups -OCH3 is 2. The predicted octanol–water partition coefficient (Wildman–Crippen LogP) is 9.87. The second kappa shape index (κ2) is 55.4. The fourth-order valence-electron chi connectivity index (χ4n) is 9.02. The van der Waals surface area contributed by atoms with Crippen molar-refractivity contribution in [1.82, 2.24) is 37.2 Å². The number of hydrogen-bond donors (Lipinski definition) is 9. The Hall–Kier alpha value is -9.07. The van der Waals surface area contributed by atoms with Crippen molar-refractivity contribution in [1.29, 1.82) is 0 Å². The number of ketones is 4. The number of alkyl carbamates (subject to hydrolysis) is 1. The molecule has 0 aliphatic rings. The minimum Gasteiger partial charge on any atom is -0.497 e. The van der Waals surface area contributed by atoms with Crippen molar-refractivity contribution in [3.05, 3.63) is 247 Å². The average molecular weight is 1600 g/mol. The van der Waals surface area contributed by atoms with Crippen LogP contribution in [0, 0.1) is 14.4 Å². The number of nitrogens with two attached hydrogens (primary N) is 1. The van der Waals surface area contributed by atoms with E-state index >= 15 is 0 Å². The number of halogens is 4. The van der Waals surface area contributed by atoms with Gasteiger partial charge in [0.2, 0.25) is 23.6 Å². The van der Waals surface area contributed by atoms with Gasteiger partial charge in [0, 0.05) is 44.4 Å². The maximum atomic E-state index is 12.6. The third kappa shape index (κ3) is 39.3. The Bertz CT molecular complexity index is 3650. The van der Waals surface area contributed by atoms with Gasteiger partial charge < -0.3 is 54.0 Å². The molecular formula is C79H99F4N8O12PdS2-. The van der Waals surface area contributed by atoms with E-state index < -0.39 is 116 Å². The van der Waals surface area contributed by atoms with Crippen LogP contribution in [0.4, 0.5) is 22.4 Å². The Morgan fingerprint density at radius 1 is 0.415 bits per heavy atom. The summed E-state index contributed by atoms with van der Waals surface area (Å²) in [6, 6.07) is 56.2. The van der Waals surface area contributed by atoms with E-state index in [2.05, 4.69) is 56.8 Å². The van der Waals surface area contributed by atoms with E-state index in [1.54, 1.807) is 26.0 Å². The van der Waals surface area contributed by atoms with Gasteiger partial charge in [0.05, 0.1) is 56.5 Å². The van der Waals surface area contributed by atoms with E-state index in [4.69, 9.17) is 19.9 Å². The van der Waals surface area contributed by atoms with Crippen LogP contribution in [0.15, 0.2) is 200 Å². The van der Waals surface area contributed by atoms with Crippen LogP contribution < -0.4 is 52.4 Å². The first-order chi connectivity index (χ1) is 50.0. The van der Waals surface area contributed by atoms with Gasteiger partial charge in [-0.3, -0.25) is 49.0 Å². The minimum atomic E-state index is -1.17. The van der Waals surface area contributed by atoms with E-state index in [0.717, 1.165) is 50.6 Å². The third-order valence-corrected chi connectivity index (χ3v) is 16.4. The summed E-state index contributed by atoms with van der Waals surface area (Å²) in [5, 5.41) is 18.7. The summed E-state index contributed by atoms with van der Waals surface area (Å²) in [7, 11) is 3.30. The zero-order valence-electron chi connectivity index (χ0n) is 60.8. The normalized spacial score (nSPS) is 12.5. The molecule has 7 rings (SSSR count). The number of hydrogen-bond acceptors (Lipinski definition) is 17. The molecule has 106 heavy (non-hydrogen) atoms. The summed E-state index contributed by atoms with van der Waals surface area (Å²) in [4.78, 5) is 106. The number of thiol groups is 1. The topological polar surface area (TPSA) is 292 Å². The van der Waals surface area contributed by atoms with Crippen LogP contribution in [-0.2, 0) is 102 Å². The summed E-state index contributed by atoms with van der Waals surface area (Å²) in [5.41, 5.74) is 12.7. The molecule has 578 valence electrons. The molecule has 7 aromatic rings. The number of Topliss-reactive ketones (excluding diaryl/α,β-unsaturated/α-hetero) is 4. The van der Waals surface area contributed by atoms with Gasteiger partial charge in [0.25, 0.3) is 0 Å². The summed E-state index contributed by atoms with van der Waals surface area (Å²) in [5.74, 6) is -0.948. The molecule has 20 nitrogen and oxygen atoms in total. The van der Waals surface area contributed by atoms with Crippen molar-refractivity contribution < 1.29 is 95.3 Å². The Morgan fingerprint density at radius 2 is 0.726 bits per heavy atom. The molecule has 27 heteroatoms. The average Bonchev–Trinajstić information content (AvgIpc) is 0.907. The maximum absolute atomic E-state index is 12.6. The molecule has 0 radical (unpaired) electrons. The number of thioether (sulfide) groups is 1. The molecule has 0 aliphatic heterocycles. The Morgan fingerprint density at radius 3 is 1.08 bits per heavy atom. The van der Waals surface area contributed by atoms with Gasteiger partial charge in [-0.25, -0.2) is 22.4 Å². The monoisotopic (exact) mass is 1600 g/mol. The molecule has 0 aliphatic carbocycles. The zero-order valence-corrected chi connectivity index (χ0v) is 64.1. The molecule has 0 heterocycles. The number of alkyl halides is 4. The maximum Gasteiger partial charge on any atom is 0.408 e. The van der Waals surface area contributed by atoms with E-state index in [-0.39, 0.29) is 52.7 Å². The van der Waals surface area contributed by atoms with Gasteiger partial charge in [-0.05, 0) is 112 Å². The number of nitrogens with one attached hydrogen (secondary N) is 7. The van der Waals surface area contributed by atoms with Crippen molar-refractivity contribution in [3.63, 3.8) is 0 Å². The fraction of sp³-hybridized carbons (Fsp3) is 0.342. The van der Waals surface area contributed by atoms with E-state index in [0.29, 0.717) is 31.0 Å². The van der Waals surface area contributed by atoms with Crippen molar-refractivity contribution in [2.24, 2.45) is 5.73 Å². The van der Waals surface area contributed by atoms with Crippen molar-refractivity contribution >= 4 is 77.2 Å². The second-order valence-electron chi connectivity index (χ2n) is 23.5. The Kier molecular flexibility index (Phi) is 49.6. The number of benzene rings is 7. The summed E-state index contributed by atoms with van der Waals surface area (Å²) < 4.78 is 64.7. The largest absolute Gasteiger partial charge is 0.497 e. The number of amides is 5. The quantitative estimate of drug-likeness (QED) is 0.00441. The molecule has 9 N–H and O–H groups in total. The molecule has 0 aromatic heterocycles. The first-order valence-electron chi connectivity index (χ1n) is 33.3. The first kappa shape index (κ1) is 94.9. The number of aryl methyl sites for hydroxylation is 1. The van der Waals surface area contributed by atoms with Crippen LogP contribution in [0.3, 0.4) is 0 Å². The van der Waals surface area contributed by atoms with Gasteiger partial charge in [-0.2, -0.15) is 12.6 Å². The van der Waals surface area contributed by atoms with Gasteiger partial charge >= 0.3 is 6.09 Å². The predicted molar refractivity (Wildman–Crippen MR) is 407 cm³/mol. The second-order valence-corrected chi connectivity index (χ2v) is 24.8. The minimum absolute atomic E-state index is 0. The molecule has 8 atom stereocenters. The van der Waals surface area contributed by atoms with Crippen LogP contribution in [0.5, 0.6) is 11.5 Å². The molecule has 0 saturated carbocycles. The van der Waals surface area contributed by atoms with Crippen LogP contribution in [-0.4, -0.2) is 154 Å². The van der Waals surface area contributed by atoms with Crippen molar-refractivity contribution in [2.75, 3.05) is 52.7 Å². The zero-order chi connectivity index (χ0) is 76.6. The summed E-state index contributed by atoms with van der Waals surface area (Å²) in [6.45, 7) is 3.50. The fourth-order valence-corrected chi connectivity index (χ4v) is 10.1. The standard InChI is InChI=1S/C22H27FN2O3S.C21H23FN2O4.C14H19FN2O2S.C13H17FN2O2.C8H10O.CH3.Pd/c1-16(21(26)13-23)25-22(27)20(12-17-6-4-3-5-7-17)24-15-29-14-18-8-10-19(28-2)11-9-18;1-15(19(25)13-22)23-20(26)18(12-16-8-4-2-5-9-16)24-21(27)28-14-17-10-6-3-7-11-17;1-10(13(18)8-15)17-14(19)12(16-9-20)7-11-5-3-2-4-6-11;1-9(12(17)8-14)16-13(18)11(15)7-10-5-3-2-4-6-10;1-7-3-5-8(9-2)6-4-7;;/h3-11,16,20,24H,12-15H2,1-2H3,(H,25,27);2-11,15,18H,12-14H2,1H3,(H,23,26)(H,24,27);2-6,10,12,16,20H,7-9H2,1H3,(H,17,19);2-6,9,11H,7-8,15H2,1H3,(H,16,18);3-6H,1-2H3;1H3;/q;;;;;-1;/t16-,20?;15-,18?;10-,12?;9-,11?;;;/m0000.../s1. The van der Waals surface area contributed by atoms with Crippen LogP contribution >= 0.6 is 24.4 Å². The molecule has 0 saturated heterocycles. The number of carbonyl (C=O) groups excluding carboxylic acids is 9. The van der Waals surface area contributed by atoms with E-state index in [9.17, 15) is 60.7 Å². The van der Waals surface area contributed by atoms with E-state index in [1.807, 2.05) is 200 Å². The van der Waals surface area contributed by atoms with Gasteiger partial charge in [-0.1, -0.05) is 181 Å². The molecular weight excluding hydrogens is 1500 g/mol. The van der Waals surface area contributed by atoms with Gasteiger partial charge in [0.15, 0.2) is 23.1 Å². The van der Waals surface area contributed by atoms with Crippen LogP contribution in [0.1, 0.15) is 66.6 Å². The molecule has 0 fully saturated rings. The van der Waals surface area contributed by atoms with Crippen LogP contribution in [0.2, 0.25) is 0 Å². The molecule has 7 aromatic carbocycles. The summed E-state index contributed by atoms with van der Waals surface area (Å²) in [6.07, 6.45) is 0.771. The Labute approximate surface area is 643 Å². The number of rotatable bonds is 36. The van der Waals surface area contributed by atoms with Crippen molar-refractivity contribution in [2.45, 2.75) is 121 Å². The van der Waals surface area contributed by atoms with Gasteiger partial charge in [0.1, 0.15) is 50.8 Å². The molecule has 0 spiro atoms. The van der Waals surface area contributed by atoms with Gasteiger partial charge in [-0.15, -0.1) is 11.8 Å². The molecule has 4 unspecified atom stereocenters. The van der Waals surface area contributed by atoms with Crippen molar-refractivity contribution in [3.8, 4) is 11.5 Å². The number of carbonyl (C=O) groups is 9. The third-order valence-electron chi connectivity index (χ3n) is 15.3. The van der Waals surface area contributed by atoms with Crippen LogP contribution in [0.25, 0.3) is 0 Å². The Balaban J connectivity index is 0.000000684. The summed E-state index contributed by atoms with van der Waals surface area (Å²) >= 11 is 5.70. The first-order valence-corrected chi connectivity index (χ1v) is 35.1. The molecule has 5 amide bonds. The molecule has 0 bridgehead atoms. The van der Waals surface area contributed by atoms with E-state index in [1.165, 1.54) is 33.3 Å².